The molecule has 0 bridgehead atoms. The summed E-state index contributed by atoms with van der Waals surface area (Å²) in [5.41, 5.74) is 1.91. The molecule has 1 aliphatic heterocycles. The quantitative estimate of drug-likeness (QED) is 0.865. The van der Waals surface area contributed by atoms with E-state index in [1.807, 2.05) is 6.92 Å². The van der Waals surface area contributed by atoms with Crippen molar-refractivity contribution in [1.29, 1.82) is 0 Å². The smallest absolute Gasteiger partial charge is 0.270 e. The van der Waals surface area contributed by atoms with Crippen LogP contribution in [-0.4, -0.2) is 19.1 Å². The third kappa shape index (κ3) is 3.19. The Morgan fingerprint density at radius 2 is 2.17 bits per heavy atom. The second-order valence-corrected chi connectivity index (χ2v) is 5.11. The predicted octanol–water partition coefficient (Wildman–Crippen LogP) is 3.27. The van der Waals surface area contributed by atoms with Gasteiger partial charge in [0.15, 0.2) is 0 Å². The van der Waals surface area contributed by atoms with Crippen LogP contribution in [0.5, 0.6) is 0 Å². The van der Waals surface area contributed by atoms with Crippen LogP contribution >= 0.6 is 0 Å². The van der Waals surface area contributed by atoms with Crippen LogP contribution in [0.3, 0.4) is 0 Å². The van der Waals surface area contributed by atoms with Crippen molar-refractivity contribution in [3.63, 3.8) is 0 Å². The second kappa shape index (κ2) is 5.22. The lowest BCUT2D eigenvalue weighted by Gasteiger charge is -2.26. The third-order valence-corrected chi connectivity index (χ3v) is 3.39. The number of alkyl halides is 2. The summed E-state index contributed by atoms with van der Waals surface area (Å²) in [7, 11) is 0. The molecule has 1 aromatic rings. The van der Waals surface area contributed by atoms with Crippen molar-refractivity contribution in [2.24, 2.45) is 0 Å². The lowest BCUT2D eigenvalue weighted by atomic mass is 10.0. The molecule has 1 unspecified atom stereocenters. The normalized spacial score (nSPS) is 20.8. The highest BCUT2D eigenvalue weighted by molar-refractivity contribution is 5.53. The Balaban J connectivity index is 2.09. The van der Waals surface area contributed by atoms with Gasteiger partial charge in [0.1, 0.15) is 0 Å². The van der Waals surface area contributed by atoms with Gasteiger partial charge in [0, 0.05) is 30.8 Å². The summed E-state index contributed by atoms with van der Waals surface area (Å²) in [5, 5.41) is 6.75. The van der Waals surface area contributed by atoms with Gasteiger partial charge in [-0.2, -0.15) is 0 Å². The molecule has 0 amide bonds. The second-order valence-electron chi connectivity index (χ2n) is 5.11. The van der Waals surface area contributed by atoms with Gasteiger partial charge in [-0.25, -0.2) is 8.78 Å². The van der Waals surface area contributed by atoms with Gasteiger partial charge >= 0.3 is 0 Å². The summed E-state index contributed by atoms with van der Waals surface area (Å²) in [5.74, 6) is -2.77. The first kappa shape index (κ1) is 13.3. The summed E-state index contributed by atoms with van der Waals surface area (Å²) in [6.07, 6.45) is 2.28. The number of aryl methyl sites for hydroxylation is 1. The molecule has 0 saturated carbocycles. The minimum atomic E-state index is -2.77. The molecule has 100 valence electrons. The van der Waals surface area contributed by atoms with E-state index in [4.69, 9.17) is 0 Å². The summed E-state index contributed by atoms with van der Waals surface area (Å²) in [6.45, 7) is 4.80. The zero-order chi connectivity index (χ0) is 13.2. The molecule has 0 aliphatic carbocycles. The van der Waals surface area contributed by atoms with Crippen LogP contribution < -0.4 is 10.6 Å². The highest BCUT2D eigenvalue weighted by Crippen LogP contribution is 2.30. The zero-order valence-corrected chi connectivity index (χ0v) is 10.9. The van der Waals surface area contributed by atoms with Gasteiger partial charge in [0.25, 0.3) is 5.92 Å². The molecular formula is C14H20F2N2. The molecule has 2 N–H and O–H groups in total. The first-order valence-corrected chi connectivity index (χ1v) is 6.43. The number of rotatable bonds is 3. The highest BCUT2D eigenvalue weighted by atomic mass is 19.3. The van der Waals surface area contributed by atoms with Gasteiger partial charge < -0.3 is 10.6 Å². The van der Waals surface area contributed by atoms with E-state index in [1.54, 1.807) is 12.1 Å². The van der Waals surface area contributed by atoms with Gasteiger partial charge in [-0.3, -0.25) is 0 Å². The molecular weight excluding hydrogens is 234 g/mol. The van der Waals surface area contributed by atoms with Crippen molar-refractivity contribution in [2.45, 2.75) is 38.7 Å². The molecule has 2 rings (SSSR count). The van der Waals surface area contributed by atoms with Crippen LogP contribution in [0.15, 0.2) is 18.2 Å². The fourth-order valence-electron chi connectivity index (χ4n) is 2.29. The lowest BCUT2D eigenvalue weighted by Crippen LogP contribution is -2.38. The SMILES string of the molecule is Cc1cc(C(C)(F)F)ccc1NC1CCCNC1. The van der Waals surface area contributed by atoms with Crippen LogP contribution in [0, 0.1) is 6.92 Å². The Morgan fingerprint density at radius 3 is 2.72 bits per heavy atom. The highest BCUT2D eigenvalue weighted by Gasteiger charge is 2.24. The van der Waals surface area contributed by atoms with Crippen molar-refractivity contribution >= 4 is 5.69 Å². The predicted molar refractivity (Wildman–Crippen MR) is 70.3 cm³/mol. The molecule has 4 heteroatoms. The maximum absolute atomic E-state index is 13.2. The van der Waals surface area contributed by atoms with Crippen LogP contribution in [0.2, 0.25) is 0 Å². The Labute approximate surface area is 107 Å². The monoisotopic (exact) mass is 254 g/mol. The van der Waals surface area contributed by atoms with Gasteiger partial charge in [-0.1, -0.05) is 6.07 Å². The van der Waals surface area contributed by atoms with Gasteiger partial charge in [-0.15, -0.1) is 0 Å². The number of anilines is 1. The summed E-state index contributed by atoms with van der Waals surface area (Å²) >= 11 is 0. The van der Waals surface area contributed by atoms with Crippen molar-refractivity contribution in [3.05, 3.63) is 29.3 Å². The molecule has 1 fully saturated rings. The van der Waals surface area contributed by atoms with Crippen molar-refractivity contribution in [1.82, 2.24) is 5.32 Å². The maximum atomic E-state index is 13.2. The first-order chi connectivity index (χ1) is 8.47. The van der Waals surface area contributed by atoms with Gasteiger partial charge in [0.05, 0.1) is 0 Å². The van der Waals surface area contributed by atoms with E-state index in [2.05, 4.69) is 10.6 Å². The molecule has 0 spiro atoms. The number of benzene rings is 1. The summed E-state index contributed by atoms with van der Waals surface area (Å²) in [6, 6.07) is 5.23. The standard InChI is InChI=1S/C14H20F2N2/c1-10-8-11(14(2,15)16)5-6-13(10)18-12-4-3-7-17-9-12/h5-6,8,12,17-18H,3-4,7,9H2,1-2H3. The Hall–Kier alpha value is -1.16. The van der Waals surface area contributed by atoms with Crippen LogP contribution in [-0.2, 0) is 5.92 Å². The molecule has 1 saturated heterocycles. The number of halogens is 2. The van der Waals surface area contributed by atoms with E-state index in [1.165, 1.54) is 6.07 Å². The van der Waals surface area contributed by atoms with E-state index in [0.717, 1.165) is 44.1 Å². The average Bonchev–Trinajstić information content (AvgIpc) is 2.32. The number of hydrogen-bond acceptors (Lipinski definition) is 2. The van der Waals surface area contributed by atoms with E-state index in [-0.39, 0.29) is 5.56 Å². The first-order valence-electron chi connectivity index (χ1n) is 6.43. The lowest BCUT2D eigenvalue weighted by molar-refractivity contribution is 0.0174. The molecule has 1 atom stereocenters. The van der Waals surface area contributed by atoms with Gasteiger partial charge in [0.2, 0.25) is 0 Å². The Kier molecular flexibility index (Phi) is 3.85. The minimum Gasteiger partial charge on any atom is -0.381 e. The summed E-state index contributed by atoms with van der Waals surface area (Å²) in [4.78, 5) is 0. The zero-order valence-electron chi connectivity index (χ0n) is 10.9. The van der Waals surface area contributed by atoms with Crippen molar-refractivity contribution in [2.75, 3.05) is 18.4 Å². The van der Waals surface area contributed by atoms with E-state index >= 15 is 0 Å². The largest absolute Gasteiger partial charge is 0.381 e. The number of hydrogen-bond donors (Lipinski definition) is 2. The van der Waals surface area contributed by atoms with Crippen molar-refractivity contribution in [3.8, 4) is 0 Å². The number of nitrogens with one attached hydrogen (secondary N) is 2. The maximum Gasteiger partial charge on any atom is 0.270 e. The van der Waals surface area contributed by atoms with E-state index < -0.39 is 5.92 Å². The third-order valence-electron chi connectivity index (χ3n) is 3.39. The molecule has 2 nitrogen and oxygen atoms in total. The Morgan fingerprint density at radius 1 is 1.39 bits per heavy atom. The van der Waals surface area contributed by atoms with E-state index in [0.29, 0.717) is 6.04 Å². The minimum absolute atomic E-state index is 0.0762. The van der Waals surface area contributed by atoms with Crippen molar-refractivity contribution < 1.29 is 8.78 Å². The number of piperidine rings is 1. The molecule has 1 aliphatic rings. The summed E-state index contributed by atoms with van der Waals surface area (Å²) < 4.78 is 26.4. The molecule has 0 aromatic heterocycles. The van der Waals surface area contributed by atoms with Crippen LogP contribution in [0.1, 0.15) is 30.9 Å². The fraction of sp³-hybridized carbons (Fsp3) is 0.571. The average molecular weight is 254 g/mol. The fourth-order valence-corrected chi connectivity index (χ4v) is 2.29. The van der Waals surface area contributed by atoms with Gasteiger partial charge in [-0.05, 0) is 44.0 Å². The Bertz CT molecular complexity index is 407. The van der Waals surface area contributed by atoms with Crippen LogP contribution in [0.25, 0.3) is 0 Å². The molecule has 18 heavy (non-hydrogen) atoms. The molecule has 1 heterocycles. The topological polar surface area (TPSA) is 24.1 Å². The van der Waals surface area contributed by atoms with E-state index in [9.17, 15) is 8.78 Å². The molecule has 0 radical (unpaired) electrons. The van der Waals surface area contributed by atoms with Crippen LogP contribution in [0.4, 0.5) is 14.5 Å². The molecule has 1 aromatic carbocycles.